The molecule has 0 saturated carbocycles. The van der Waals surface area contributed by atoms with Gasteiger partial charge in [-0.1, -0.05) is 24.6 Å². The second-order valence-corrected chi connectivity index (χ2v) is 5.71. The summed E-state index contributed by atoms with van der Waals surface area (Å²) in [6.07, 6.45) is -3.23. The smallest absolute Gasteiger partial charge is 0.359 e. The molecule has 0 spiro atoms. The number of alkyl halides is 3. The molecule has 0 bridgehead atoms. The van der Waals surface area contributed by atoms with Crippen LogP contribution in [0.25, 0.3) is 0 Å². The molecule has 0 aromatic heterocycles. The maximum absolute atomic E-state index is 12.7. The highest BCUT2D eigenvalue weighted by Gasteiger charge is 2.32. The fraction of sp³-hybridized carbons (Fsp3) is 0.600. The number of anilines is 1. The van der Waals surface area contributed by atoms with Crippen molar-refractivity contribution in [2.75, 3.05) is 18.0 Å². The minimum absolute atomic E-state index is 0.284. The van der Waals surface area contributed by atoms with Crippen LogP contribution in [0, 0.1) is 0 Å². The van der Waals surface area contributed by atoms with E-state index in [9.17, 15) is 13.2 Å². The lowest BCUT2D eigenvalue weighted by Gasteiger charge is -2.30. The molecule has 0 saturated heterocycles. The van der Waals surface area contributed by atoms with Gasteiger partial charge in [-0.05, 0) is 44.5 Å². The standard InChI is InChI=1S/C15H22ClF3N2/c1-4-7-20-9-12-5-6-14(13(16)8-12)21(11(2)3)10-15(17,18)19/h5-6,8,11,20H,4,7,9-10H2,1-3H3. The van der Waals surface area contributed by atoms with Crippen molar-refractivity contribution in [2.24, 2.45) is 0 Å². The van der Waals surface area contributed by atoms with Crippen molar-refractivity contribution in [3.63, 3.8) is 0 Å². The van der Waals surface area contributed by atoms with Crippen LogP contribution in [0.2, 0.25) is 5.02 Å². The van der Waals surface area contributed by atoms with Gasteiger partial charge in [0.1, 0.15) is 6.54 Å². The third-order valence-corrected chi connectivity index (χ3v) is 3.35. The van der Waals surface area contributed by atoms with E-state index < -0.39 is 12.7 Å². The van der Waals surface area contributed by atoms with Crippen LogP contribution in [0.4, 0.5) is 18.9 Å². The Morgan fingerprint density at radius 1 is 1.29 bits per heavy atom. The molecule has 6 heteroatoms. The molecular formula is C15H22ClF3N2. The van der Waals surface area contributed by atoms with E-state index in [-0.39, 0.29) is 6.04 Å². The van der Waals surface area contributed by atoms with Crippen LogP contribution in [-0.4, -0.2) is 25.3 Å². The Morgan fingerprint density at radius 3 is 2.43 bits per heavy atom. The summed E-state index contributed by atoms with van der Waals surface area (Å²) in [5.74, 6) is 0. The first kappa shape index (κ1) is 18.1. The third kappa shape index (κ3) is 6.14. The molecule has 0 atom stereocenters. The summed E-state index contributed by atoms with van der Waals surface area (Å²) in [5, 5.41) is 3.59. The molecule has 0 aliphatic rings. The van der Waals surface area contributed by atoms with Gasteiger partial charge in [0.2, 0.25) is 0 Å². The number of benzene rings is 1. The van der Waals surface area contributed by atoms with E-state index in [2.05, 4.69) is 12.2 Å². The topological polar surface area (TPSA) is 15.3 Å². The molecule has 1 rings (SSSR count). The van der Waals surface area contributed by atoms with Crippen molar-refractivity contribution >= 4 is 17.3 Å². The lowest BCUT2D eigenvalue weighted by molar-refractivity contribution is -0.120. The predicted molar refractivity (Wildman–Crippen MR) is 82.0 cm³/mol. The van der Waals surface area contributed by atoms with E-state index in [4.69, 9.17) is 11.6 Å². The maximum Gasteiger partial charge on any atom is 0.405 e. The highest BCUT2D eigenvalue weighted by Crippen LogP contribution is 2.31. The van der Waals surface area contributed by atoms with Crippen molar-refractivity contribution in [3.8, 4) is 0 Å². The molecule has 0 heterocycles. The first-order valence-electron chi connectivity index (χ1n) is 7.07. The lowest BCUT2D eigenvalue weighted by Crippen LogP contribution is -2.39. The summed E-state index contributed by atoms with van der Waals surface area (Å²) >= 11 is 6.17. The normalized spacial score (nSPS) is 12.0. The molecule has 0 aliphatic carbocycles. The first-order valence-corrected chi connectivity index (χ1v) is 7.45. The van der Waals surface area contributed by atoms with Gasteiger partial charge in [-0.15, -0.1) is 0 Å². The van der Waals surface area contributed by atoms with Gasteiger partial charge in [-0.3, -0.25) is 0 Å². The Labute approximate surface area is 129 Å². The number of rotatable bonds is 7. The Kier molecular flexibility index (Phi) is 6.81. The molecule has 0 amide bonds. The fourth-order valence-electron chi connectivity index (χ4n) is 2.04. The quantitative estimate of drug-likeness (QED) is 0.737. The van der Waals surface area contributed by atoms with Crippen molar-refractivity contribution in [3.05, 3.63) is 28.8 Å². The van der Waals surface area contributed by atoms with E-state index >= 15 is 0 Å². The second kappa shape index (κ2) is 7.90. The van der Waals surface area contributed by atoms with Gasteiger partial charge < -0.3 is 10.2 Å². The van der Waals surface area contributed by atoms with Crippen molar-refractivity contribution in [2.45, 2.75) is 46.0 Å². The average Bonchev–Trinajstić information content (AvgIpc) is 2.36. The molecule has 21 heavy (non-hydrogen) atoms. The Hall–Kier alpha value is -0.940. The zero-order valence-electron chi connectivity index (χ0n) is 12.6. The van der Waals surface area contributed by atoms with Crippen LogP contribution in [0.3, 0.4) is 0 Å². The zero-order valence-corrected chi connectivity index (χ0v) is 13.4. The Bertz CT molecular complexity index is 447. The highest BCUT2D eigenvalue weighted by atomic mass is 35.5. The zero-order chi connectivity index (χ0) is 16.0. The molecule has 1 N–H and O–H groups in total. The van der Waals surface area contributed by atoms with Crippen molar-refractivity contribution in [1.82, 2.24) is 5.32 Å². The van der Waals surface area contributed by atoms with Crippen LogP contribution >= 0.6 is 11.6 Å². The minimum Gasteiger partial charge on any atom is -0.359 e. The van der Waals surface area contributed by atoms with Gasteiger partial charge in [0, 0.05) is 12.6 Å². The summed E-state index contributed by atoms with van der Waals surface area (Å²) < 4.78 is 38.0. The number of nitrogens with zero attached hydrogens (tertiary/aromatic N) is 1. The maximum atomic E-state index is 12.7. The molecular weight excluding hydrogens is 301 g/mol. The van der Waals surface area contributed by atoms with E-state index in [0.29, 0.717) is 17.3 Å². The van der Waals surface area contributed by atoms with E-state index in [1.54, 1.807) is 26.0 Å². The van der Waals surface area contributed by atoms with Crippen LogP contribution in [0.15, 0.2) is 18.2 Å². The van der Waals surface area contributed by atoms with Crippen LogP contribution in [-0.2, 0) is 6.54 Å². The first-order chi connectivity index (χ1) is 9.74. The van der Waals surface area contributed by atoms with Gasteiger partial charge in [-0.25, -0.2) is 0 Å². The van der Waals surface area contributed by atoms with E-state index in [1.165, 1.54) is 4.90 Å². The van der Waals surface area contributed by atoms with Gasteiger partial charge in [0.05, 0.1) is 10.7 Å². The molecule has 0 aliphatic heterocycles. The molecule has 0 unspecified atom stereocenters. The van der Waals surface area contributed by atoms with Crippen LogP contribution in [0.5, 0.6) is 0 Å². The molecule has 0 radical (unpaired) electrons. The number of hydrogen-bond donors (Lipinski definition) is 1. The Balaban J connectivity index is 2.89. The fourth-order valence-corrected chi connectivity index (χ4v) is 2.35. The van der Waals surface area contributed by atoms with Gasteiger partial charge in [0.25, 0.3) is 0 Å². The molecule has 1 aromatic rings. The summed E-state index contributed by atoms with van der Waals surface area (Å²) in [6.45, 7) is 6.07. The number of halogens is 4. The van der Waals surface area contributed by atoms with Crippen molar-refractivity contribution in [1.29, 1.82) is 0 Å². The average molecular weight is 323 g/mol. The summed E-state index contributed by atoms with van der Waals surface area (Å²) in [7, 11) is 0. The molecule has 1 aromatic carbocycles. The van der Waals surface area contributed by atoms with Crippen LogP contribution < -0.4 is 10.2 Å². The Morgan fingerprint density at radius 2 is 1.95 bits per heavy atom. The second-order valence-electron chi connectivity index (χ2n) is 5.30. The molecule has 2 nitrogen and oxygen atoms in total. The summed E-state index contributed by atoms with van der Waals surface area (Å²) in [6, 6.07) is 4.92. The van der Waals surface area contributed by atoms with E-state index in [1.807, 2.05) is 6.07 Å². The number of hydrogen-bond acceptors (Lipinski definition) is 2. The summed E-state index contributed by atoms with van der Waals surface area (Å²) in [4.78, 5) is 1.27. The molecule has 120 valence electrons. The highest BCUT2D eigenvalue weighted by molar-refractivity contribution is 6.33. The number of nitrogens with one attached hydrogen (secondary N) is 1. The van der Waals surface area contributed by atoms with Crippen LogP contribution in [0.1, 0.15) is 32.8 Å². The van der Waals surface area contributed by atoms with Gasteiger partial charge in [-0.2, -0.15) is 13.2 Å². The molecule has 0 fully saturated rings. The largest absolute Gasteiger partial charge is 0.405 e. The van der Waals surface area contributed by atoms with Gasteiger partial charge in [0.15, 0.2) is 0 Å². The predicted octanol–water partition coefficient (Wildman–Crippen LogP) is 4.62. The SMILES string of the molecule is CCCNCc1ccc(N(CC(F)(F)F)C(C)C)c(Cl)c1. The van der Waals surface area contributed by atoms with Crippen molar-refractivity contribution < 1.29 is 13.2 Å². The lowest BCUT2D eigenvalue weighted by atomic mass is 10.1. The van der Waals surface area contributed by atoms with Gasteiger partial charge >= 0.3 is 6.18 Å². The third-order valence-electron chi connectivity index (χ3n) is 3.05. The van der Waals surface area contributed by atoms with E-state index in [0.717, 1.165) is 18.5 Å². The summed E-state index contributed by atoms with van der Waals surface area (Å²) in [5.41, 5.74) is 1.39. The monoisotopic (exact) mass is 322 g/mol. The minimum atomic E-state index is -4.26.